The molecule has 1 heterocycles. The van der Waals surface area contributed by atoms with Gasteiger partial charge in [-0.3, -0.25) is 0 Å². The van der Waals surface area contributed by atoms with Crippen molar-refractivity contribution in [2.75, 3.05) is 26.2 Å². The van der Waals surface area contributed by atoms with Crippen LogP contribution in [0.3, 0.4) is 0 Å². The van der Waals surface area contributed by atoms with Crippen LogP contribution in [0.25, 0.3) is 0 Å². The lowest BCUT2D eigenvalue weighted by Crippen LogP contribution is -2.29. The molecule has 19 heavy (non-hydrogen) atoms. The summed E-state index contributed by atoms with van der Waals surface area (Å²) in [6.07, 6.45) is 0.840. The first-order chi connectivity index (χ1) is 9.07. The minimum Gasteiger partial charge on any atom is -0.494 e. The van der Waals surface area contributed by atoms with E-state index in [1.165, 1.54) is 4.31 Å². The molecule has 0 aliphatic carbocycles. The predicted molar refractivity (Wildman–Crippen MR) is 73.5 cm³/mol. The Bertz CT molecular complexity index is 513. The van der Waals surface area contributed by atoms with Gasteiger partial charge < -0.3 is 10.5 Å². The molecule has 1 aromatic carbocycles. The largest absolute Gasteiger partial charge is 0.494 e. The summed E-state index contributed by atoms with van der Waals surface area (Å²) in [5, 5.41) is 0. The van der Waals surface area contributed by atoms with Crippen LogP contribution in [-0.4, -0.2) is 39.0 Å². The molecule has 0 spiro atoms. The smallest absolute Gasteiger partial charge is 0.243 e. The maximum Gasteiger partial charge on any atom is 0.243 e. The first kappa shape index (κ1) is 14.3. The van der Waals surface area contributed by atoms with E-state index in [0.717, 1.165) is 6.42 Å². The molecule has 0 amide bonds. The summed E-state index contributed by atoms with van der Waals surface area (Å²) in [7, 11) is -3.39. The Morgan fingerprint density at radius 3 is 2.58 bits per heavy atom. The van der Waals surface area contributed by atoms with Crippen LogP contribution in [0.2, 0.25) is 0 Å². The van der Waals surface area contributed by atoms with Crippen LogP contribution in [0.15, 0.2) is 29.2 Å². The van der Waals surface area contributed by atoms with Gasteiger partial charge in [0.25, 0.3) is 0 Å². The molecule has 2 rings (SSSR count). The number of hydrogen-bond acceptors (Lipinski definition) is 4. The van der Waals surface area contributed by atoms with E-state index in [0.29, 0.717) is 36.9 Å². The van der Waals surface area contributed by atoms with E-state index in [1.54, 1.807) is 24.3 Å². The molecule has 6 heteroatoms. The molecule has 1 unspecified atom stereocenters. The quantitative estimate of drug-likeness (QED) is 0.877. The van der Waals surface area contributed by atoms with E-state index in [4.69, 9.17) is 10.5 Å². The lowest BCUT2D eigenvalue weighted by molar-refractivity contribution is 0.340. The van der Waals surface area contributed by atoms with E-state index in [-0.39, 0.29) is 5.92 Å². The van der Waals surface area contributed by atoms with Gasteiger partial charge in [0, 0.05) is 13.1 Å². The van der Waals surface area contributed by atoms with Crippen molar-refractivity contribution in [3.63, 3.8) is 0 Å². The Kier molecular flexibility index (Phi) is 4.44. The molecular weight excluding hydrogens is 264 g/mol. The molecule has 5 nitrogen and oxygen atoms in total. The number of nitrogens with two attached hydrogens (primary N) is 1. The number of sulfonamides is 1. The second-order valence-electron chi connectivity index (χ2n) is 4.66. The van der Waals surface area contributed by atoms with E-state index >= 15 is 0 Å². The van der Waals surface area contributed by atoms with Crippen molar-refractivity contribution in [1.82, 2.24) is 4.31 Å². The highest BCUT2D eigenvalue weighted by molar-refractivity contribution is 7.89. The lowest BCUT2D eigenvalue weighted by atomic mass is 10.1. The van der Waals surface area contributed by atoms with Gasteiger partial charge in [-0.25, -0.2) is 8.42 Å². The van der Waals surface area contributed by atoms with E-state index in [1.807, 2.05) is 6.92 Å². The van der Waals surface area contributed by atoms with Gasteiger partial charge in [-0.1, -0.05) is 0 Å². The Balaban J connectivity index is 2.15. The number of ether oxygens (including phenoxy) is 1. The number of nitrogens with zero attached hydrogens (tertiary/aromatic N) is 1. The topological polar surface area (TPSA) is 72.6 Å². The highest BCUT2D eigenvalue weighted by Gasteiger charge is 2.31. The minimum absolute atomic E-state index is 0.275. The summed E-state index contributed by atoms with van der Waals surface area (Å²) in [5.41, 5.74) is 5.59. The average molecular weight is 284 g/mol. The lowest BCUT2D eigenvalue weighted by Gasteiger charge is -2.16. The Morgan fingerprint density at radius 2 is 2.05 bits per heavy atom. The molecule has 1 aromatic rings. The van der Waals surface area contributed by atoms with Crippen molar-refractivity contribution in [2.45, 2.75) is 18.2 Å². The van der Waals surface area contributed by atoms with Gasteiger partial charge in [0.05, 0.1) is 11.5 Å². The normalized spacial score (nSPS) is 20.6. The van der Waals surface area contributed by atoms with Gasteiger partial charge in [0.2, 0.25) is 10.0 Å². The van der Waals surface area contributed by atoms with E-state index in [2.05, 4.69) is 0 Å². The third-order valence-electron chi connectivity index (χ3n) is 3.35. The van der Waals surface area contributed by atoms with Crippen LogP contribution >= 0.6 is 0 Å². The van der Waals surface area contributed by atoms with Crippen LogP contribution < -0.4 is 10.5 Å². The SMILES string of the molecule is CCOc1ccc(S(=O)(=O)N2CCC(CN)C2)cc1. The summed E-state index contributed by atoms with van der Waals surface area (Å²) in [4.78, 5) is 0.314. The second kappa shape index (κ2) is 5.90. The van der Waals surface area contributed by atoms with Gasteiger partial charge in [-0.2, -0.15) is 4.31 Å². The minimum atomic E-state index is -3.39. The van der Waals surface area contributed by atoms with Crippen molar-refractivity contribution in [2.24, 2.45) is 11.7 Å². The third kappa shape index (κ3) is 3.08. The zero-order valence-electron chi connectivity index (χ0n) is 11.1. The number of rotatable bonds is 5. The zero-order valence-corrected chi connectivity index (χ0v) is 11.9. The fourth-order valence-electron chi connectivity index (χ4n) is 2.23. The third-order valence-corrected chi connectivity index (χ3v) is 5.23. The Labute approximate surface area is 114 Å². The summed E-state index contributed by atoms with van der Waals surface area (Å²) < 4.78 is 31.6. The fraction of sp³-hybridized carbons (Fsp3) is 0.538. The molecule has 0 aromatic heterocycles. The number of benzene rings is 1. The molecule has 0 bridgehead atoms. The summed E-state index contributed by atoms with van der Waals surface area (Å²) in [6.45, 7) is 4.07. The van der Waals surface area contributed by atoms with Crippen LogP contribution in [0.1, 0.15) is 13.3 Å². The average Bonchev–Trinajstić information content (AvgIpc) is 2.89. The van der Waals surface area contributed by atoms with Gasteiger partial charge in [-0.15, -0.1) is 0 Å². The molecule has 1 atom stereocenters. The van der Waals surface area contributed by atoms with Gasteiger partial charge in [0.15, 0.2) is 0 Å². The van der Waals surface area contributed by atoms with E-state index < -0.39 is 10.0 Å². The molecule has 0 radical (unpaired) electrons. The first-order valence-electron chi connectivity index (χ1n) is 6.51. The second-order valence-corrected chi connectivity index (χ2v) is 6.60. The Hall–Kier alpha value is -1.11. The highest BCUT2D eigenvalue weighted by atomic mass is 32.2. The van der Waals surface area contributed by atoms with Gasteiger partial charge in [0.1, 0.15) is 5.75 Å². The molecule has 1 aliphatic rings. The van der Waals surface area contributed by atoms with Crippen molar-refractivity contribution in [3.05, 3.63) is 24.3 Å². The maximum atomic E-state index is 12.4. The predicted octanol–water partition coefficient (Wildman–Crippen LogP) is 1.05. The zero-order chi connectivity index (χ0) is 13.9. The molecular formula is C13H20N2O3S. The standard InChI is InChI=1S/C13H20N2O3S/c1-2-18-12-3-5-13(6-4-12)19(16,17)15-8-7-11(9-14)10-15/h3-6,11H,2,7-10,14H2,1H3. The molecule has 1 fully saturated rings. The van der Waals surface area contributed by atoms with Crippen LogP contribution in [0, 0.1) is 5.92 Å². The van der Waals surface area contributed by atoms with Crippen LogP contribution in [0.4, 0.5) is 0 Å². The summed E-state index contributed by atoms with van der Waals surface area (Å²) >= 11 is 0. The van der Waals surface area contributed by atoms with Crippen molar-refractivity contribution < 1.29 is 13.2 Å². The monoisotopic (exact) mass is 284 g/mol. The van der Waals surface area contributed by atoms with Crippen LogP contribution in [-0.2, 0) is 10.0 Å². The molecule has 106 valence electrons. The Morgan fingerprint density at radius 1 is 1.37 bits per heavy atom. The van der Waals surface area contributed by atoms with Crippen molar-refractivity contribution >= 4 is 10.0 Å². The molecule has 1 aliphatic heterocycles. The summed E-state index contributed by atoms with van der Waals surface area (Å²) in [5.74, 6) is 0.958. The molecule has 2 N–H and O–H groups in total. The van der Waals surface area contributed by atoms with Gasteiger partial charge >= 0.3 is 0 Å². The summed E-state index contributed by atoms with van der Waals surface area (Å²) in [6, 6.07) is 6.56. The van der Waals surface area contributed by atoms with Crippen molar-refractivity contribution in [3.8, 4) is 5.75 Å². The first-order valence-corrected chi connectivity index (χ1v) is 7.95. The molecule has 1 saturated heterocycles. The van der Waals surface area contributed by atoms with E-state index in [9.17, 15) is 8.42 Å². The maximum absolute atomic E-state index is 12.4. The van der Waals surface area contributed by atoms with Crippen molar-refractivity contribution in [1.29, 1.82) is 0 Å². The number of hydrogen-bond donors (Lipinski definition) is 1. The van der Waals surface area contributed by atoms with Gasteiger partial charge in [-0.05, 0) is 50.1 Å². The molecule has 0 saturated carbocycles. The van der Waals surface area contributed by atoms with Crippen LogP contribution in [0.5, 0.6) is 5.75 Å². The fourth-order valence-corrected chi connectivity index (χ4v) is 3.76. The highest BCUT2D eigenvalue weighted by Crippen LogP contribution is 2.25.